The van der Waals surface area contributed by atoms with Crippen LogP contribution in [0.2, 0.25) is 0 Å². The van der Waals surface area contributed by atoms with Gasteiger partial charge in [-0.05, 0) is 26.3 Å². The van der Waals surface area contributed by atoms with Crippen LogP contribution in [0.15, 0.2) is 23.9 Å². The van der Waals surface area contributed by atoms with Gasteiger partial charge in [0.05, 0.1) is 19.3 Å². The zero-order valence-electron chi connectivity index (χ0n) is 13.6. The number of ether oxygens (including phenoxy) is 3. The maximum Gasteiger partial charge on any atom is 0.407 e. The van der Waals surface area contributed by atoms with Crippen LogP contribution in [0.1, 0.15) is 26.7 Å². The number of amides is 1. The van der Waals surface area contributed by atoms with Crippen molar-refractivity contribution in [2.75, 3.05) is 19.8 Å². The second kappa shape index (κ2) is 8.04. The molecule has 2 atom stereocenters. The zero-order chi connectivity index (χ0) is 16.7. The molecule has 0 aromatic heterocycles. The second-order valence-electron chi connectivity index (χ2n) is 6.01. The first-order valence-corrected chi connectivity index (χ1v) is 7.81. The Morgan fingerprint density at radius 3 is 3.09 bits per heavy atom. The number of alkyl carbamates (subject to hydrolysis) is 1. The zero-order valence-corrected chi connectivity index (χ0v) is 13.6. The lowest BCUT2D eigenvalue weighted by Gasteiger charge is -2.21. The molecule has 1 fully saturated rings. The van der Waals surface area contributed by atoms with Crippen LogP contribution in [-0.4, -0.2) is 37.7 Å². The van der Waals surface area contributed by atoms with E-state index in [2.05, 4.69) is 16.7 Å². The average Bonchev–Trinajstić information content (AvgIpc) is 2.86. The van der Waals surface area contributed by atoms with Crippen molar-refractivity contribution in [1.82, 2.24) is 10.6 Å². The molecule has 2 rings (SSSR count). The van der Waals surface area contributed by atoms with E-state index in [1.165, 1.54) is 0 Å². The summed E-state index contributed by atoms with van der Waals surface area (Å²) in [6.07, 6.45) is 12.1. The van der Waals surface area contributed by atoms with Crippen LogP contribution >= 0.6 is 0 Å². The van der Waals surface area contributed by atoms with Gasteiger partial charge in [0.1, 0.15) is 0 Å². The summed E-state index contributed by atoms with van der Waals surface area (Å²) in [5.41, 5.74) is 0.925. The summed E-state index contributed by atoms with van der Waals surface area (Å²) in [7, 11) is 0. The van der Waals surface area contributed by atoms with E-state index in [1.54, 1.807) is 0 Å². The highest BCUT2D eigenvalue weighted by molar-refractivity contribution is 5.67. The van der Waals surface area contributed by atoms with E-state index in [0.29, 0.717) is 26.2 Å². The third-order valence-corrected chi connectivity index (χ3v) is 3.72. The first kappa shape index (κ1) is 17.4. The maximum absolute atomic E-state index is 11.7. The Labute approximate surface area is 137 Å². The van der Waals surface area contributed by atoms with Crippen LogP contribution in [0.3, 0.4) is 0 Å². The van der Waals surface area contributed by atoms with Crippen molar-refractivity contribution < 1.29 is 19.0 Å². The SMILES string of the molecule is C#CNC1=CC=CCC1CNC(=O)OCCC1COC(C)(C)O1. The predicted octanol–water partition coefficient (Wildman–Crippen LogP) is 1.89. The van der Waals surface area contributed by atoms with Crippen molar-refractivity contribution in [3.63, 3.8) is 0 Å². The Kier molecular flexibility index (Phi) is 6.08. The number of carbonyl (C=O) groups excluding carboxylic acids is 1. The quantitative estimate of drug-likeness (QED) is 0.578. The van der Waals surface area contributed by atoms with Gasteiger partial charge < -0.3 is 24.8 Å². The average molecular weight is 320 g/mol. The molecule has 0 bridgehead atoms. The lowest BCUT2D eigenvalue weighted by atomic mass is 9.97. The molecule has 6 heteroatoms. The maximum atomic E-state index is 11.7. The third kappa shape index (κ3) is 5.62. The number of rotatable bonds is 6. The van der Waals surface area contributed by atoms with E-state index in [1.807, 2.05) is 32.1 Å². The molecule has 2 unspecified atom stereocenters. The van der Waals surface area contributed by atoms with Gasteiger partial charge in [0.15, 0.2) is 5.79 Å². The predicted molar refractivity (Wildman–Crippen MR) is 86.2 cm³/mol. The van der Waals surface area contributed by atoms with Gasteiger partial charge in [-0.3, -0.25) is 0 Å². The molecular weight excluding hydrogens is 296 g/mol. The van der Waals surface area contributed by atoms with Crippen LogP contribution in [0.5, 0.6) is 0 Å². The molecule has 0 spiro atoms. The number of carbonyl (C=O) groups is 1. The molecule has 2 N–H and O–H groups in total. The number of terminal acetylenes is 1. The first-order valence-electron chi connectivity index (χ1n) is 7.81. The summed E-state index contributed by atoms with van der Waals surface area (Å²) in [5, 5.41) is 5.63. The minimum absolute atomic E-state index is 0.0318. The lowest BCUT2D eigenvalue weighted by molar-refractivity contribution is -0.139. The molecule has 0 aromatic rings. The number of hydrogen-bond donors (Lipinski definition) is 2. The largest absolute Gasteiger partial charge is 0.449 e. The van der Waals surface area contributed by atoms with Crippen LogP contribution in [-0.2, 0) is 14.2 Å². The molecule has 0 radical (unpaired) electrons. The minimum Gasteiger partial charge on any atom is -0.449 e. The molecule has 0 aromatic carbocycles. The molecule has 6 nitrogen and oxygen atoms in total. The number of hydrogen-bond acceptors (Lipinski definition) is 5. The van der Waals surface area contributed by atoms with Crippen LogP contribution in [0, 0.1) is 18.4 Å². The standard InChI is InChI=1S/C17H24N2O4/c1-4-18-15-8-6-5-7-13(15)11-19-16(20)21-10-9-14-12-22-17(2,3)23-14/h1,5-6,8,13-14,18H,7,9-12H2,2-3H3,(H,19,20). The monoisotopic (exact) mass is 320 g/mol. The summed E-state index contributed by atoms with van der Waals surface area (Å²) in [5.74, 6) is -0.412. The third-order valence-electron chi connectivity index (χ3n) is 3.72. The van der Waals surface area contributed by atoms with Gasteiger partial charge in [0.2, 0.25) is 0 Å². The molecule has 1 amide bonds. The summed E-state index contributed by atoms with van der Waals surface area (Å²) >= 11 is 0. The molecule has 1 aliphatic heterocycles. The molecule has 1 saturated heterocycles. The van der Waals surface area contributed by atoms with Crippen LogP contribution in [0.25, 0.3) is 0 Å². The van der Waals surface area contributed by atoms with Crippen LogP contribution in [0.4, 0.5) is 4.79 Å². The van der Waals surface area contributed by atoms with Gasteiger partial charge in [-0.1, -0.05) is 18.6 Å². The van der Waals surface area contributed by atoms with Crippen LogP contribution < -0.4 is 10.6 Å². The number of allylic oxidation sites excluding steroid dienone is 3. The fourth-order valence-electron chi connectivity index (χ4n) is 2.54. The summed E-state index contributed by atoms with van der Waals surface area (Å²) in [4.78, 5) is 11.7. The Balaban J connectivity index is 1.63. The first-order chi connectivity index (χ1) is 11.0. The Hall–Kier alpha value is -1.97. The van der Waals surface area contributed by atoms with E-state index < -0.39 is 11.9 Å². The molecule has 126 valence electrons. The fraction of sp³-hybridized carbons (Fsp3) is 0.588. The Bertz CT molecular complexity index is 519. The molecular formula is C17H24N2O4. The van der Waals surface area contributed by atoms with Gasteiger partial charge in [-0.25, -0.2) is 4.79 Å². The Morgan fingerprint density at radius 2 is 2.39 bits per heavy atom. The normalized spacial score (nSPS) is 25.3. The molecule has 23 heavy (non-hydrogen) atoms. The van der Waals surface area contributed by atoms with Crippen molar-refractivity contribution in [2.45, 2.75) is 38.6 Å². The van der Waals surface area contributed by atoms with E-state index in [4.69, 9.17) is 20.6 Å². The van der Waals surface area contributed by atoms with Crippen molar-refractivity contribution in [3.8, 4) is 12.5 Å². The van der Waals surface area contributed by atoms with E-state index >= 15 is 0 Å². The van der Waals surface area contributed by atoms with Gasteiger partial charge in [-0.2, -0.15) is 0 Å². The summed E-state index contributed by atoms with van der Waals surface area (Å²) in [6, 6.07) is 2.41. The smallest absolute Gasteiger partial charge is 0.407 e. The number of nitrogens with one attached hydrogen (secondary N) is 2. The van der Waals surface area contributed by atoms with Crippen molar-refractivity contribution in [1.29, 1.82) is 0 Å². The van der Waals surface area contributed by atoms with Crippen molar-refractivity contribution in [3.05, 3.63) is 23.9 Å². The second-order valence-corrected chi connectivity index (χ2v) is 6.01. The summed E-state index contributed by atoms with van der Waals surface area (Å²) < 4.78 is 16.3. The van der Waals surface area contributed by atoms with Crippen molar-refractivity contribution in [2.24, 2.45) is 5.92 Å². The minimum atomic E-state index is -0.547. The molecule has 1 aliphatic carbocycles. The van der Waals surface area contributed by atoms with Crippen molar-refractivity contribution >= 4 is 6.09 Å². The lowest BCUT2D eigenvalue weighted by Crippen LogP contribution is -2.33. The van der Waals surface area contributed by atoms with Gasteiger partial charge >= 0.3 is 6.09 Å². The van der Waals surface area contributed by atoms with Gasteiger partial charge in [-0.15, -0.1) is 0 Å². The Morgan fingerprint density at radius 1 is 1.57 bits per heavy atom. The highest BCUT2D eigenvalue weighted by Crippen LogP contribution is 2.23. The van der Waals surface area contributed by atoms with E-state index in [9.17, 15) is 4.79 Å². The van der Waals surface area contributed by atoms with Gasteiger partial charge in [0, 0.05) is 30.6 Å². The summed E-state index contributed by atoms with van der Waals surface area (Å²) in [6.45, 7) is 5.03. The van der Waals surface area contributed by atoms with E-state index in [-0.39, 0.29) is 12.0 Å². The molecule has 0 saturated carbocycles. The highest BCUT2D eigenvalue weighted by Gasteiger charge is 2.32. The molecule has 2 aliphatic rings. The van der Waals surface area contributed by atoms with E-state index in [0.717, 1.165) is 12.1 Å². The fourth-order valence-corrected chi connectivity index (χ4v) is 2.54. The van der Waals surface area contributed by atoms with Gasteiger partial charge in [0.25, 0.3) is 0 Å². The highest BCUT2D eigenvalue weighted by atomic mass is 16.7. The topological polar surface area (TPSA) is 68.8 Å². The molecule has 1 heterocycles.